The molecule has 40 heavy (non-hydrogen) atoms. The SMILES string of the molecule is COc1ccc(S(OS(=O)(=O)C(F)(F)C(F)(F)C(F)(F)C(F)(F)F)(c2ccc(F)cc2)c2ccc(F)cc2)cc1. The molecule has 0 heterocycles. The van der Waals surface area contributed by atoms with Gasteiger partial charge in [-0.05, 0) is 83.1 Å². The maximum atomic E-state index is 14.8. The van der Waals surface area contributed by atoms with E-state index >= 15 is 0 Å². The van der Waals surface area contributed by atoms with Crippen LogP contribution < -0.4 is 4.74 Å². The van der Waals surface area contributed by atoms with E-state index in [-0.39, 0.29) is 5.75 Å². The van der Waals surface area contributed by atoms with Crippen molar-refractivity contribution in [3.63, 3.8) is 0 Å². The molecule has 0 bridgehead atoms. The van der Waals surface area contributed by atoms with Gasteiger partial charge in [0.05, 0.1) is 7.11 Å². The largest absolute Gasteiger partial charge is 0.497 e. The van der Waals surface area contributed by atoms with Gasteiger partial charge in [0.1, 0.15) is 17.4 Å². The first kappa shape index (κ1) is 31.5. The first-order chi connectivity index (χ1) is 18.2. The molecule has 0 saturated heterocycles. The molecular weight excluding hydrogens is 613 g/mol. The zero-order chi connectivity index (χ0) is 30.4. The summed E-state index contributed by atoms with van der Waals surface area (Å²) in [7, 11) is -10.6. The maximum Gasteiger partial charge on any atom is 0.460 e. The number of halogens is 11. The van der Waals surface area contributed by atoms with Crippen molar-refractivity contribution < 1.29 is 65.1 Å². The first-order valence-corrected chi connectivity index (χ1v) is 13.4. The summed E-state index contributed by atoms with van der Waals surface area (Å²) in [5, 5.41) is -7.19. The van der Waals surface area contributed by atoms with Crippen LogP contribution in [0.2, 0.25) is 0 Å². The van der Waals surface area contributed by atoms with Crippen molar-refractivity contribution in [2.75, 3.05) is 7.11 Å². The van der Waals surface area contributed by atoms with Crippen LogP contribution >= 0.6 is 10.3 Å². The highest BCUT2D eigenvalue weighted by Gasteiger charge is 2.86. The zero-order valence-corrected chi connectivity index (χ0v) is 21.2. The van der Waals surface area contributed by atoms with Crippen LogP contribution in [0.1, 0.15) is 0 Å². The zero-order valence-electron chi connectivity index (χ0n) is 19.5. The molecule has 0 N–H and O–H groups in total. The Bertz CT molecular complexity index is 1390. The second-order valence-corrected chi connectivity index (χ2v) is 12.3. The van der Waals surface area contributed by atoms with E-state index < -0.39 is 70.0 Å². The third-order valence-electron chi connectivity index (χ3n) is 5.30. The highest BCUT2D eigenvalue weighted by molar-refractivity contribution is 8.33. The van der Waals surface area contributed by atoms with Gasteiger partial charge in [-0.15, -0.1) is 0 Å². The lowest BCUT2D eigenvalue weighted by Gasteiger charge is -2.41. The summed E-state index contributed by atoms with van der Waals surface area (Å²) in [6, 6.07) is 9.97. The van der Waals surface area contributed by atoms with Crippen molar-refractivity contribution >= 4 is 20.4 Å². The van der Waals surface area contributed by atoms with Gasteiger partial charge in [0.15, 0.2) is 0 Å². The van der Waals surface area contributed by atoms with Gasteiger partial charge in [-0.25, -0.2) is 12.4 Å². The van der Waals surface area contributed by atoms with Crippen LogP contribution in [0, 0.1) is 11.6 Å². The fourth-order valence-corrected chi connectivity index (χ4v) is 8.42. The topological polar surface area (TPSA) is 52.6 Å². The lowest BCUT2D eigenvalue weighted by atomic mass is 10.1. The third kappa shape index (κ3) is 5.09. The quantitative estimate of drug-likeness (QED) is 0.226. The van der Waals surface area contributed by atoms with E-state index in [1.54, 1.807) is 0 Å². The van der Waals surface area contributed by atoms with Gasteiger partial charge in [0.25, 0.3) is 0 Å². The van der Waals surface area contributed by atoms with Gasteiger partial charge in [-0.2, -0.15) is 47.9 Å². The lowest BCUT2D eigenvalue weighted by Crippen LogP contribution is -2.63. The summed E-state index contributed by atoms with van der Waals surface area (Å²) in [4.78, 5) is -1.51. The Morgan fingerprint density at radius 2 is 0.925 bits per heavy atom. The molecule has 0 radical (unpaired) electrons. The van der Waals surface area contributed by atoms with Gasteiger partial charge in [0.2, 0.25) is 0 Å². The van der Waals surface area contributed by atoms with Crippen LogP contribution in [0.4, 0.5) is 48.3 Å². The molecule has 0 unspecified atom stereocenters. The predicted molar refractivity (Wildman–Crippen MR) is 119 cm³/mol. The summed E-state index contributed by atoms with van der Waals surface area (Å²) in [6.45, 7) is 0. The molecule has 0 amide bonds. The van der Waals surface area contributed by atoms with Crippen LogP contribution in [-0.2, 0) is 13.7 Å². The highest BCUT2D eigenvalue weighted by atomic mass is 32.3. The minimum Gasteiger partial charge on any atom is -0.497 e. The number of hydrogen-bond donors (Lipinski definition) is 0. The average Bonchev–Trinajstić information content (AvgIpc) is 2.87. The standard InChI is InChI=1S/C23H15F11O4S2/c1-37-16-6-12-19(13-7-16)39(17-8-2-14(24)3-9-17,18-10-4-15(25)5-11-18)38-40(35,36)23(33,34)21(28,29)20(26,27)22(30,31)32/h2-13H,1H3. The van der Waals surface area contributed by atoms with E-state index in [1.807, 2.05) is 0 Å². The van der Waals surface area contributed by atoms with Crippen molar-refractivity contribution in [3.05, 3.63) is 84.4 Å². The Kier molecular flexibility index (Phi) is 8.19. The van der Waals surface area contributed by atoms with Crippen molar-refractivity contribution in [1.82, 2.24) is 0 Å². The molecule has 0 aliphatic heterocycles. The fraction of sp³-hybridized carbons (Fsp3) is 0.217. The number of benzene rings is 3. The Labute approximate surface area is 221 Å². The minimum absolute atomic E-state index is 0.0831. The molecule has 4 nitrogen and oxygen atoms in total. The molecule has 0 aliphatic rings. The molecule has 3 aromatic carbocycles. The van der Waals surface area contributed by atoms with Crippen LogP contribution in [0.5, 0.6) is 5.75 Å². The van der Waals surface area contributed by atoms with E-state index in [0.29, 0.717) is 24.3 Å². The van der Waals surface area contributed by atoms with Crippen LogP contribution in [0.15, 0.2) is 87.5 Å². The van der Waals surface area contributed by atoms with Crippen molar-refractivity contribution in [3.8, 4) is 5.75 Å². The van der Waals surface area contributed by atoms with E-state index in [9.17, 15) is 56.7 Å². The summed E-state index contributed by atoms with van der Waals surface area (Å²) in [5.41, 5.74) is 0. The fourth-order valence-electron chi connectivity index (χ4n) is 3.24. The lowest BCUT2D eigenvalue weighted by molar-refractivity contribution is -0.382. The van der Waals surface area contributed by atoms with E-state index in [0.717, 1.165) is 48.5 Å². The second kappa shape index (κ2) is 10.4. The smallest absolute Gasteiger partial charge is 0.460 e. The average molecular weight is 628 g/mol. The molecular formula is C23H15F11O4S2. The molecule has 3 rings (SSSR count). The molecule has 0 atom stereocenters. The van der Waals surface area contributed by atoms with Crippen molar-refractivity contribution in [2.24, 2.45) is 0 Å². The molecule has 0 aliphatic carbocycles. The van der Waals surface area contributed by atoms with Gasteiger partial charge >= 0.3 is 33.4 Å². The summed E-state index contributed by atoms with van der Waals surface area (Å²) < 4.78 is 185. The number of ether oxygens (including phenoxy) is 1. The maximum absolute atomic E-state index is 14.8. The molecule has 0 saturated carbocycles. The van der Waals surface area contributed by atoms with Gasteiger partial charge in [0, 0.05) is 14.7 Å². The second-order valence-electron chi connectivity index (χ2n) is 7.83. The van der Waals surface area contributed by atoms with Crippen LogP contribution in [-0.4, -0.2) is 38.8 Å². The minimum atomic E-state index is -7.58. The molecule has 0 spiro atoms. The van der Waals surface area contributed by atoms with E-state index in [4.69, 9.17) is 4.74 Å². The third-order valence-corrected chi connectivity index (χ3v) is 10.5. The summed E-state index contributed by atoms with van der Waals surface area (Å²) >= 11 is 0. The Hall–Kier alpha value is -3.05. The molecule has 17 heteroatoms. The normalized spacial score (nSPS) is 14.2. The summed E-state index contributed by atoms with van der Waals surface area (Å²) in [6.07, 6.45) is -7.30. The van der Waals surface area contributed by atoms with Crippen molar-refractivity contribution in [2.45, 2.75) is 38.0 Å². The van der Waals surface area contributed by atoms with E-state index in [1.165, 1.54) is 7.11 Å². The van der Waals surface area contributed by atoms with Crippen LogP contribution in [0.3, 0.4) is 0 Å². The Morgan fingerprint density at radius 3 is 1.25 bits per heavy atom. The highest BCUT2D eigenvalue weighted by Crippen LogP contribution is 2.71. The molecule has 220 valence electrons. The molecule has 3 aromatic rings. The summed E-state index contributed by atoms with van der Waals surface area (Å²) in [5.74, 6) is -17.0. The Morgan fingerprint density at radius 1 is 0.575 bits per heavy atom. The number of alkyl halides is 9. The van der Waals surface area contributed by atoms with Gasteiger partial charge in [-0.3, -0.25) is 0 Å². The van der Waals surface area contributed by atoms with Gasteiger partial charge < -0.3 is 4.74 Å². The molecule has 0 aromatic heterocycles. The van der Waals surface area contributed by atoms with Crippen LogP contribution in [0.25, 0.3) is 0 Å². The van der Waals surface area contributed by atoms with Gasteiger partial charge in [-0.1, -0.05) is 0 Å². The predicted octanol–water partition coefficient (Wildman–Crippen LogP) is 7.94. The monoisotopic (exact) mass is 628 g/mol. The van der Waals surface area contributed by atoms with E-state index in [2.05, 4.69) is 3.63 Å². The molecule has 0 fully saturated rings. The number of rotatable bonds is 9. The number of hydrogen-bond acceptors (Lipinski definition) is 4. The number of methoxy groups -OCH3 is 1. The Balaban J connectivity index is 2.39. The van der Waals surface area contributed by atoms with Crippen molar-refractivity contribution in [1.29, 1.82) is 0 Å². The first-order valence-electron chi connectivity index (χ1n) is 10.4.